The van der Waals surface area contributed by atoms with Crippen LogP contribution >= 0.6 is 0 Å². The molecule has 4 unspecified atom stereocenters. The molecule has 0 saturated heterocycles. The number of hydrogen-bond acceptors (Lipinski definition) is 3. The first-order valence-corrected chi connectivity index (χ1v) is 6.64. The highest BCUT2D eigenvalue weighted by atomic mass is 16.4. The average Bonchev–Trinajstić information content (AvgIpc) is 2.14. The molecule has 0 amide bonds. The number of rotatable bonds is 4. The molecule has 0 aliphatic heterocycles. The summed E-state index contributed by atoms with van der Waals surface area (Å²) in [5.41, 5.74) is -0.0513. The molecule has 3 nitrogen and oxygen atoms in total. The summed E-state index contributed by atoms with van der Waals surface area (Å²) < 4.78 is 0. The van der Waals surface area contributed by atoms with E-state index in [4.69, 9.17) is 0 Å². The van der Waals surface area contributed by atoms with Crippen LogP contribution in [-0.2, 0) is 4.79 Å². The molecular formula is C14H25O3-. The molecule has 1 saturated carbocycles. The predicted octanol–water partition coefficient (Wildman–Crippen LogP) is 1.59. The second-order valence-corrected chi connectivity index (χ2v) is 6.44. The molecule has 0 aromatic rings. The first kappa shape index (κ1) is 14.5. The van der Waals surface area contributed by atoms with Crippen LogP contribution in [0.3, 0.4) is 0 Å². The Morgan fingerprint density at radius 2 is 2.06 bits per heavy atom. The summed E-state index contributed by atoms with van der Waals surface area (Å²) in [6.45, 7) is 8.02. The molecule has 0 heterocycles. The summed E-state index contributed by atoms with van der Waals surface area (Å²) in [6, 6.07) is 0. The molecule has 1 aliphatic carbocycles. The van der Waals surface area contributed by atoms with Gasteiger partial charge in [0, 0.05) is 11.9 Å². The van der Waals surface area contributed by atoms with Gasteiger partial charge in [0.2, 0.25) is 0 Å². The molecule has 1 N–H and O–H groups in total. The molecule has 3 heteroatoms. The zero-order chi connectivity index (χ0) is 13.2. The minimum absolute atomic E-state index is 0.0513. The van der Waals surface area contributed by atoms with E-state index in [9.17, 15) is 15.0 Å². The normalized spacial score (nSPS) is 35.9. The van der Waals surface area contributed by atoms with Crippen molar-refractivity contribution in [1.29, 1.82) is 0 Å². The van der Waals surface area contributed by atoms with E-state index in [0.29, 0.717) is 18.8 Å². The monoisotopic (exact) mass is 241 g/mol. The van der Waals surface area contributed by atoms with Crippen LogP contribution < -0.4 is 5.11 Å². The van der Waals surface area contributed by atoms with Gasteiger partial charge in [-0.2, -0.15) is 0 Å². The molecule has 4 atom stereocenters. The molecule has 0 spiro atoms. The maximum atomic E-state index is 11.3. The molecule has 1 fully saturated rings. The quantitative estimate of drug-likeness (QED) is 0.813. The fraction of sp³-hybridized carbons (Fsp3) is 0.929. The van der Waals surface area contributed by atoms with E-state index < -0.39 is 5.97 Å². The van der Waals surface area contributed by atoms with Crippen molar-refractivity contribution in [3.63, 3.8) is 0 Å². The molecule has 100 valence electrons. The number of hydrogen-bond donors (Lipinski definition) is 1. The fourth-order valence-electron chi connectivity index (χ4n) is 3.46. The van der Waals surface area contributed by atoms with Gasteiger partial charge in [-0.25, -0.2) is 0 Å². The van der Waals surface area contributed by atoms with Crippen molar-refractivity contribution >= 4 is 5.97 Å². The maximum absolute atomic E-state index is 11.3. The number of carbonyl (C=O) groups excluding carboxylic acids is 1. The summed E-state index contributed by atoms with van der Waals surface area (Å²) in [6.07, 6.45) is 2.90. The van der Waals surface area contributed by atoms with Crippen molar-refractivity contribution in [3.8, 4) is 0 Å². The molecule has 0 aromatic carbocycles. The Bertz CT molecular complexity index is 273. The highest BCUT2D eigenvalue weighted by Crippen LogP contribution is 2.47. The molecule has 0 radical (unpaired) electrons. The van der Waals surface area contributed by atoms with Crippen molar-refractivity contribution in [1.82, 2.24) is 0 Å². The standard InChI is InChI=1S/C14H26O3/c1-9(2)11-5-6-14(4,7-10(3)15)8-12(11)13(16)17/h9-12,15H,5-8H2,1-4H3,(H,16,17)/p-1. The van der Waals surface area contributed by atoms with Crippen molar-refractivity contribution in [2.24, 2.45) is 23.2 Å². The first-order valence-electron chi connectivity index (χ1n) is 6.64. The van der Waals surface area contributed by atoms with E-state index >= 15 is 0 Å². The number of carbonyl (C=O) groups is 1. The molecule has 1 aliphatic rings. The van der Waals surface area contributed by atoms with Crippen LogP contribution in [0.5, 0.6) is 0 Å². The minimum Gasteiger partial charge on any atom is -0.550 e. The Hall–Kier alpha value is -0.570. The third-order valence-electron chi connectivity index (χ3n) is 4.26. The van der Waals surface area contributed by atoms with Crippen LogP contribution in [0.4, 0.5) is 0 Å². The largest absolute Gasteiger partial charge is 0.550 e. The van der Waals surface area contributed by atoms with Crippen molar-refractivity contribution < 1.29 is 15.0 Å². The van der Waals surface area contributed by atoms with Gasteiger partial charge in [-0.05, 0) is 49.9 Å². The lowest BCUT2D eigenvalue weighted by Gasteiger charge is -2.45. The molecule has 0 aromatic heterocycles. The fourth-order valence-corrected chi connectivity index (χ4v) is 3.46. The van der Waals surface area contributed by atoms with Gasteiger partial charge >= 0.3 is 0 Å². The Morgan fingerprint density at radius 1 is 1.47 bits per heavy atom. The molecule has 0 bridgehead atoms. The predicted molar refractivity (Wildman–Crippen MR) is 65.1 cm³/mol. The summed E-state index contributed by atoms with van der Waals surface area (Å²) in [5, 5.41) is 20.8. The van der Waals surface area contributed by atoms with Crippen LogP contribution in [-0.4, -0.2) is 17.2 Å². The number of aliphatic carboxylic acids is 1. The first-order chi connectivity index (χ1) is 7.75. The van der Waals surface area contributed by atoms with Gasteiger partial charge in [0.1, 0.15) is 0 Å². The lowest BCUT2D eigenvalue weighted by molar-refractivity contribution is -0.316. The van der Waals surface area contributed by atoms with Crippen LogP contribution in [0.15, 0.2) is 0 Å². The number of aliphatic hydroxyl groups excluding tert-OH is 1. The van der Waals surface area contributed by atoms with Gasteiger partial charge in [-0.15, -0.1) is 0 Å². The lowest BCUT2D eigenvalue weighted by Crippen LogP contribution is -2.44. The third kappa shape index (κ3) is 3.70. The van der Waals surface area contributed by atoms with Crippen LogP contribution in [0.25, 0.3) is 0 Å². The van der Waals surface area contributed by atoms with E-state index in [0.717, 1.165) is 12.8 Å². The van der Waals surface area contributed by atoms with Gasteiger partial charge in [-0.1, -0.05) is 20.8 Å². The van der Waals surface area contributed by atoms with Gasteiger partial charge in [0.05, 0.1) is 6.10 Å². The van der Waals surface area contributed by atoms with Gasteiger partial charge in [0.25, 0.3) is 0 Å². The zero-order valence-electron chi connectivity index (χ0n) is 11.4. The van der Waals surface area contributed by atoms with Gasteiger partial charge in [0.15, 0.2) is 0 Å². The maximum Gasteiger partial charge on any atom is 0.0517 e. The number of aliphatic hydroxyl groups is 1. The smallest absolute Gasteiger partial charge is 0.0517 e. The Balaban J connectivity index is 2.77. The highest BCUT2D eigenvalue weighted by molar-refractivity contribution is 5.68. The second kappa shape index (κ2) is 5.38. The minimum atomic E-state index is -0.916. The molecule has 17 heavy (non-hydrogen) atoms. The SMILES string of the molecule is CC(O)CC1(C)CCC(C(C)C)C(C(=O)[O-])C1. The van der Waals surface area contributed by atoms with Crippen LogP contribution in [0, 0.1) is 23.2 Å². The topological polar surface area (TPSA) is 60.4 Å². The van der Waals surface area contributed by atoms with E-state index in [1.165, 1.54) is 0 Å². The Kier molecular flexibility index (Phi) is 4.59. The van der Waals surface area contributed by atoms with E-state index in [1.807, 2.05) is 0 Å². The van der Waals surface area contributed by atoms with Gasteiger partial charge < -0.3 is 15.0 Å². The number of carboxylic acids is 1. The lowest BCUT2D eigenvalue weighted by atomic mass is 9.62. The molecular weight excluding hydrogens is 216 g/mol. The van der Waals surface area contributed by atoms with Crippen molar-refractivity contribution in [2.75, 3.05) is 0 Å². The highest BCUT2D eigenvalue weighted by Gasteiger charge is 2.39. The third-order valence-corrected chi connectivity index (χ3v) is 4.26. The summed E-state index contributed by atoms with van der Waals surface area (Å²) in [7, 11) is 0. The average molecular weight is 241 g/mol. The van der Waals surface area contributed by atoms with E-state index in [-0.39, 0.29) is 23.4 Å². The summed E-state index contributed by atoms with van der Waals surface area (Å²) >= 11 is 0. The Morgan fingerprint density at radius 3 is 2.47 bits per heavy atom. The van der Waals surface area contributed by atoms with E-state index in [2.05, 4.69) is 20.8 Å². The zero-order valence-corrected chi connectivity index (χ0v) is 11.4. The van der Waals surface area contributed by atoms with Crippen LogP contribution in [0.2, 0.25) is 0 Å². The van der Waals surface area contributed by atoms with Crippen molar-refractivity contribution in [2.45, 2.75) is 59.5 Å². The van der Waals surface area contributed by atoms with Crippen molar-refractivity contribution in [3.05, 3.63) is 0 Å². The van der Waals surface area contributed by atoms with E-state index in [1.54, 1.807) is 6.92 Å². The number of carboxylic acid groups (broad SMARTS) is 1. The summed E-state index contributed by atoms with van der Waals surface area (Å²) in [4.78, 5) is 11.3. The molecule has 1 rings (SSSR count). The van der Waals surface area contributed by atoms with Gasteiger partial charge in [-0.3, -0.25) is 0 Å². The second-order valence-electron chi connectivity index (χ2n) is 6.44. The Labute approximate surface area is 104 Å². The van der Waals surface area contributed by atoms with Crippen LogP contribution in [0.1, 0.15) is 53.4 Å². The summed E-state index contributed by atoms with van der Waals surface area (Å²) in [5.74, 6) is -0.663.